The molecule has 102 valence electrons. The third-order valence-corrected chi connectivity index (χ3v) is 4.37. The number of amides is 1. The van der Waals surface area contributed by atoms with Crippen LogP contribution in [-0.4, -0.2) is 18.4 Å². The minimum absolute atomic E-state index is 0.0490. The maximum Gasteiger partial charge on any atom is 0.327 e. The van der Waals surface area contributed by atoms with E-state index in [1.807, 2.05) is 24.3 Å². The zero-order chi connectivity index (χ0) is 14.3. The van der Waals surface area contributed by atoms with Crippen molar-refractivity contribution in [2.45, 2.75) is 46.5 Å². The number of hydrogen-bond acceptors (Lipinski definition) is 2. The predicted molar refractivity (Wildman–Crippen MR) is 79.9 cm³/mol. The molecule has 0 saturated carbocycles. The Kier molecular flexibility index (Phi) is 3.48. The van der Waals surface area contributed by atoms with Crippen LogP contribution in [0.25, 0.3) is 0 Å². The Hall–Kier alpha value is -1.29. The summed E-state index contributed by atoms with van der Waals surface area (Å²) in [7, 11) is 0. The molecule has 1 amide bonds. The quantitative estimate of drug-likeness (QED) is 0.829. The molecular formula is C15H22BNO2. The highest BCUT2D eigenvalue weighted by molar-refractivity contribution is 6.68. The standard InChI is InChI=1S/C15H22BNO2/c1-11(18)17-13-8-6-12(7-9-13)16-10-14(2,3)15(4,5)19-16/h6-9H,10H2,1-5H3,(H,17,18). The molecule has 0 bridgehead atoms. The first-order chi connectivity index (χ1) is 8.71. The maximum absolute atomic E-state index is 11.0. The van der Waals surface area contributed by atoms with Crippen molar-refractivity contribution in [3.63, 3.8) is 0 Å². The molecule has 4 heteroatoms. The van der Waals surface area contributed by atoms with Gasteiger partial charge in [0.05, 0.1) is 5.60 Å². The molecule has 1 aromatic carbocycles. The van der Waals surface area contributed by atoms with Crippen LogP contribution in [0.5, 0.6) is 0 Å². The lowest BCUT2D eigenvalue weighted by Crippen LogP contribution is -2.36. The molecule has 0 spiro atoms. The van der Waals surface area contributed by atoms with Crippen LogP contribution in [0.4, 0.5) is 5.69 Å². The Morgan fingerprint density at radius 2 is 1.79 bits per heavy atom. The number of hydrogen-bond donors (Lipinski definition) is 1. The van der Waals surface area contributed by atoms with Gasteiger partial charge in [-0.05, 0) is 43.2 Å². The lowest BCUT2D eigenvalue weighted by molar-refractivity contribution is -0.114. The fourth-order valence-electron chi connectivity index (χ4n) is 2.44. The van der Waals surface area contributed by atoms with Gasteiger partial charge < -0.3 is 9.97 Å². The summed E-state index contributed by atoms with van der Waals surface area (Å²) in [5.41, 5.74) is 2.04. The van der Waals surface area contributed by atoms with Gasteiger partial charge in [0.1, 0.15) is 0 Å². The minimum Gasteiger partial charge on any atom is -0.426 e. The van der Waals surface area contributed by atoms with E-state index in [0.717, 1.165) is 12.0 Å². The zero-order valence-electron chi connectivity index (χ0n) is 12.4. The molecule has 1 aliphatic rings. The van der Waals surface area contributed by atoms with Gasteiger partial charge in [0.2, 0.25) is 5.91 Å². The fraction of sp³-hybridized carbons (Fsp3) is 0.533. The van der Waals surface area contributed by atoms with Crippen molar-refractivity contribution in [3.05, 3.63) is 24.3 Å². The Balaban J connectivity index is 2.14. The third-order valence-electron chi connectivity index (χ3n) is 4.37. The molecule has 0 unspecified atom stereocenters. The zero-order valence-corrected chi connectivity index (χ0v) is 12.4. The van der Waals surface area contributed by atoms with E-state index < -0.39 is 0 Å². The average molecular weight is 259 g/mol. The van der Waals surface area contributed by atoms with Gasteiger partial charge in [-0.2, -0.15) is 0 Å². The first-order valence-corrected chi connectivity index (χ1v) is 6.77. The molecule has 1 saturated heterocycles. The van der Waals surface area contributed by atoms with Crippen molar-refractivity contribution < 1.29 is 9.45 Å². The fourth-order valence-corrected chi connectivity index (χ4v) is 2.44. The lowest BCUT2D eigenvalue weighted by Gasteiger charge is -2.34. The molecule has 3 nitrogen and oxygen atoms in total. The Labute approximate surface area is 115 Å². The Morgan fingerprint density at radius 1 is 1.21 bits per heavy atom. The number of rotatable bonds is 2. The van der Waals surface area contributed by atoms with Gasteiger partial charge in [-0.3, -0.25) is 4.79 Å². The Bertz CT molecular complexity index is 463. The van der Waals surface area contributed by atoms with E-state index in [1.54, 1.807) is 0 Å². The van der Waals surface area contributed by atoms with Crippen LogP contribution < -0.4 is 10.8 Å². The Morgan fingerprint density at radius 3 is 2.21 bits per heavy atom. The van der Waals surface area contributed by atoms with Crippen LogP contribution in [0.2, 0.25) is 6.32 Å². The van der Waals surface area contributed by atoms with Crippen molar-refractivity contribution >= 4 is 24.0 Å². The summed E-state index contributed by atoms with van der Waals surface area (Å²) >= 11 is 0. The summed E-state index contributed by atoms with van der Waals surface area (Å²) < 4.78 is 6.18. The van der Waals surface area contributed by atoms with Crippen LogP contribution >= 0.6 is 0 Å². The molecule has 1 aromatic rings. The largest absolute Gasteiger partial charge is 0.426 e. The number of anilines is 1. The van der Waals surface area contributed by atoms with Crippen molar-refractivity contribution in [1.29, 1.82) is 0 Å². The van der Waals surface area contributed by atoms with Crippen molar-refractivity contribution in [2.75, 3.05) is 5.32 Å². The summed E-state index contributed by atoms with van der Waals surface area (Å²) in [5, 5.41) is 2.78. The average Bonchev–Trinajstić information content (AvgIpc) is 2.48. The van der Waals surface area contributed by atoms with E-state index in [9.17, 15) is 4.79 Å². The molecule has 2 rings (SSSR count). The molecule has 1 aliphatic heterocycles. The molecule has 1 N–H and O–H groups in total. The third kappa shape index (κ3) is 2.84. The predicted octanol–water partition coefficient (Wildman–Crippen LogP) is 2.68. The maximum atomic E-state index is 11.0. The van der Waals surface area contributed by atoms with E-state index >= 15 is 0 Å². The highest BCUT2D eigenvalue weighted by Crippen LogP contribution is 2.45. The number of benzene rings is 1. The van der Waals surface area contributed by atoms with Crippen molar-refractivity contribution in [1.82, 2.24) is 0 Å². The summed E-state index contributed by atoms with van der Waals surface area (Å²) in [6.07, 6.45) is 1.01. The summed E-state index contributed by atoms with van der Waals surface area (Å²) in [5.74, 6) is -0.0490. The van der Waals surface area contributed by atoms with Crippen LogP contribution in [0.1, 0.15) is 34.6 Å². The highest BCUT2D eigenvalue weighted by Gasteiger charge is 2.49. The highest BCUT2D eigenvalue weighted by atomic mass is 16.5. The summed E-state index contributed by atoms with van der Waals surface area (Å²) in [6, 6.07) is 7.93. The summed E-state index contributed by atoms with van der Waals surface area (Å²) in [6.45, 7) is 10.4. The van der Waals surface area contributed by atoms with E-state index in [-0.39, 0.29) is 23.8 Å². The monoisotopic (exact) mass is 259 g/mol. The van der Waals surface area contributed by atoms with Crippen LogP contribution in [-0.2, 0) is 9.45 Å². The van der Waals surface area contributed by atoms with Gasteiger partial charge >= 0.3 is 6.92 Å². The molecule has 1 heterocycles. The SMILES string of the molecule is CC(=O)Nc1ccc(B2CC(C)(C)C(C)(C)O2)cc1. The molecule has 19 heavy (non-hydrogen) atoms. The first kappa shape index (κ1) is 14.1. The van der Waals surface area contributed by atoms with E-state index in [1.165, 1.54) is 12.4 Å². The van der Waals surface area contributed by atoms with Gasteiger partial charge in [0.15, 0.2) is 0 Å². The number of carbonyl (C=O) groups is 1. The van der Waals surface area contributed by atoms with Gasteiger partial charge in [-0.25, -0.2) is 0 Å². The molecule has 0 atom stereocenters. The second-order valence-corrected chi connectivity index (χ2v) is 6.51. The second-order valence-electron chi connectivity index (χ2n) is 6.51. The molecule has 1 fully saturated rings. The van der Waals surface area contributed by atoms with Crippen LogP contribution in [0.15, 0.2) is 24.3 Å². The summed E-state index contributed by atoms with van der Waals surface area (Å²) in [4.78, 5) is 11.0. The minimum atomic E-state index is -0.117. The van der Waals surface area contributed by atoms with Gasteiger partial charge in [0, 0.05) is 12.6 Å². The smallest absolute Gasteiger partial charge is 0.327 e. The van der Waals surface area contributed by atoms with Gasteiger partial charge in [-0.15, -0.1) is 0 Å². The number of nitrogens with one attached hydrogen (secondary N) is 1. The topological polar surface area (TPSA) is 38.3 Å². The molecule has 0 radical (unpaired) electrons. The van der Waals surface area contributed by atoms with Gasteiger partial charge in [0.25, 0.3) is 0 Å². The van der Waals surface area contributed by atoms with Crippen molar-refractivity contribution in [2.24, 2.45) is 5.41 Å². The van der Waals surface area contributed by atoms with Crippen molar-refractivity contribution in [3.8, 4) is 0 Å². The molecule has 0 aliphatic carbocycles. The normalized spacial score (nSPS) is 20.4. The van der Waals surface area contributed by atoms with Gasteiger partial charge in [-0.1, -0.05) is 26.0 Å². The lowest BCUT2D eigenvalue weighted by atomic mass is 9.54. The van der Waals surface area contributed by atoms with E-state index in [2.05, 4.69) is 33.0 Å². The second kappa shape index (κ2) is 4.67. The number of carbonyl (C=O) groups excluding carboxylic acids is 1. The van der Waals surface area contributed by atoms with Crippen LogP contribution in [0.3, 0.4) is 0 Å². The first-order valence-electron chi connectivity index (χ1n) is 6.77. The van der Waals surface area contributed by atoms with E-state index in [4.69, 9.17) is 4.65 Å². The van der Waals surface area contributed by atoms with E-state index in [0.29, 0.717) is 0 Å². The molecular weight excluding hydrogens is 237 g/mol. The molecule has 0 aromatic heterocycles. The van der Waals surface area contributed by atoms with Crippen LogP contribution in [0, 0.1) is 5.41 Å².